The van der Waals surface area contributed by atoms with E-state index in [1.54, 1.807) is 0 Å². The summed E-state index contributed by atoms with van der Waals surface area (Å²) in [5.41, 5.74) is 0.725. The van der Waals surface area contributed by atoms with Crippen molar-refractivity contribution >= 4 is 17.7 Å². The third-order valence-corrected chi connectivity index (χ3v) is 4.22. The summed E-state index contributed by atoms with van der Waals surface area (Å²) in [6.45, 7) is 7.76. The van der Waals surface area contributed by atoms with Crippen LogP contribution in [0.3, 0.4) is 0 Å². The van der Waals surface area contributed by atoms with Crippen LogP contribution in [0.15, 0.2) is 24.3 Å². The molecule has 0 aliphatic heterocycles. The third-order valence-electron chi connectivity index (χ3n) is 3.99. The number of rotatable bonds is 4. The molecule has 0 bridgehead atoms. The van der Waals surface area contributed by atoms with Crippen molar-refractivity contribution in [2.75, 3.05) is 0 Å². The van der Waals surface area contributed by atoms with Gasteiger partial charge in [-0.05, 0) is 64.7 Å². The van der Waals surface area contributed by atoms with Gasteiger partial charge >= 0.3 is 6.09 Å². The van der Waals surface area contributed by atoms with Crippen LogP contribution in [0.4, 0.5) is 4.79 Å². The van der Waals surface area contributed by atoms with E-state index in [2.05, 4.69) is 23.6 Å². The van der Waals surface area contributed by atoms with E-state index in [-0.39, 0.29) is 18.2 Å². The maximum Gasteiger partial charge on any atom is 0.407 e. The lowest BCUT2D eigenvalue weighted by Crippen LogP contribution is -2.39. The van der Waals surface area contributed by atoms with Gasteiger partial charge in [-0.2, -0.15) is 0 Å². The number of hydrogen-bond donors (Lipinski definition) is 2. The average Bonchev–Trinajstić information content (AvgIpc) is 2.83. The Kier molecular flexibility index (Phi) is 5.93. The van der Waals surface area contributed by atoms with Crippen molar-refractivity contribution < 1.29 is 9.53 Å². The number of carbonyl (C=O) groups excluding carboxylic acids is 1. The smallest absolute Gasteiger partial charge is 0.407 e. The molecule has 0 spiro atoms. The van der Waals surface area contributed by atoms with Gasteiger partial charge in [0.05, 0.1) is 0 Å². The first-order valence-electron chi connectivity index (χ1n) is 8.24. The van der Waals surface area contributed by atoms with E-state index in [1.807, 2.05) is 39.0 Å². The minimum absolute atomic E-state index is 0.175. The predicted octanol–water partition coefficient (Wildman–Crippen LogP) is 4.44. The Morgan fingerprint density at radius 3 is 2.65 bits per heavy atom. The monoisotopic (exact) mass is 338 g/mol. The van der Waals surface area contributed by atoms with Gasteiger partial charge in [-0.1, -0.05) is 23.7 Å². The number of ether oxygens (including phenoxy) is 1. The molecule has 23 heavy (non-hydrogen) atoms. The highest BCUT2D eigenvalue weighted by Crippen LogP contribution is 2.24. The Morgan fingerprint density at radius 1 is 1.30 bits per heavy atom. The first-order chi connectivity index (χ1) is 10.7. The molecule has 1 amide bonds. The van der Waals surface area contributed by atoms with E-state index in [0.717, 1.165) is 24.3 Å². The largest absolute Gasteiger partial charge is 0.444 e. The van der Waals surface area contributed by atoms with E-state index in [0.29, 0.717) is 6.04 Å². The first-order valence-corrected chi connectivity index (χ1v) is 8.62. The average molecular weight is 339 g/mol. The summed E-state index contributed by atoms with van der Waals surface area (Å²) in [5, 5.41) is 7.34. The van der Waals surface area contributed by atoms with Crippen LogP contribution in [0.25, 0.3) is 0 Å². The molecule has 2 rings (SSSR count). The molecule has 128 valence electrons. The molecule has 3 atom stereocenters. The van der Waals surface area contributed by atoms with Gasteiger partial charge in [0.15, 0.2) is 0 Å². The maximum absolute atomic E-state index is 11.8. The van der Waals surface area contributed by atoms with Crippen molar-refractivity contribution in [2.45, 2.75) is 70.7 Å². The normalized spacial score (nSPS) is 22.7. The number of benzene rings is 1. The molecular formula is C18H27ClN2O2. The van der Waals surface area contributed by atoms with Crippen LogP contribution in [0.2, 0.25) is 5.02 Å². The second-order valence-corrected chi connectivity index (χ2v) is 7.73. The van der Waals surface area contributed by atoms with Gasteiger partial charge in [-0.25, -0.2) is 4.79 Å². The van der Waals surface area contributed by atoms with Crippen LogP contribution in [0.5, 0.6) is 0 Å². The van der Waals surface area contributed by atoms with Crippen molar-refractivity contribution in [2.24, 2.45) is 0 Å². The summed E-state index contributed by atoms with van der Waals surface area (Å²) in [5.74, 6) is 0. The van der Waals surface area contributed by atoms with E-state index < -0.39 is 5.60 Å². The molecule has 1 aromatic carbocycles. The summed E-state index contributed by atoms with van der Waals surface area (Å²) >= 11 is 6.05. The fourth-order valence-electron chi connectivity index (χ4n) is 2.96. The van der Waals surface area contributed by atoms with Crippen molar-refractivity contribution in [3.8, 4) is 0 Å². The zero-order valence-corrected chi connectivity index (χ0v) is 15.1. The Morgan fingerprint density at radius 2 is 2.00 bits per heavy atom. The van der Waals surface area contributed by atoms with Gasteiger partial charge in [0, 0.05) is 23.1 Å². The van der Waals surface area contributed by atoms with E-state index in [9.17, 15) is 4.79 Å². The Labute approximate surface area is 143 Å². The van der Waals surface area contributed by atoms with Gasteiger partial charge in [-0.15, -0.1) is 0 Å². The predicted molar refractivity (Wildman–Crippen MR) is 93.8 cm³/mol. The van der Waals surface area contributed by atoms with Crippen LogP contribution in [0, 0.1) is 0 Å². The standard InChI is InChI=1S/C18H27ClN2O2/c1-12(13-6-5-7-14(19)10-13)20-15-8-9-16(11-15)21-17(22)23-18(2,3)4/h5-7,10,12,15-16,20H,8-9,11H2,1-4H3,(H,21,22)/t12-,15?,16?/m0/s1. The number of hydrogen-bond acceptors (Lipinski definition) is 3. The van der Waals surface area contributed by atoms with E-state index >= 15 is 0 Å². The molecular weight excluding hydrogens is 312 g/mol. The summed E-state index contributed by atoms with van der Waals surface area (Å²) < 4.78 is 5.31. The van der Waals surface area contributed by atoms with Crippen LogP contribution in [0.1, 0.15) is 58.6 Å². The zero-order chi connectivity index (χ0) is 17.0. The summed E-state index contributed by atoms with van der Waals surface area (Å²) in [6, 6.07) is 8.72. The molecule has 1 aliphatic carbocycles. The molecule has 4 nitrogen and oxygen atoms in total. The highest BCUT2D eigenvalue weighted by molar-refractivity contribution is 6.30. The number of nitrogens with one attached hydrogen (secondary N) is 2. The fourth-order valence-corrected chi connectivity index (χ4v) is 3.16. The van der Waals surface area contributed by atoms with Gasteiger partial charge in [0.25, 0.3) is 0 Å². The molecule has 1 fully saturated rings. The van der Waals surface area contributed by atoms with Crippen molar-refractivity contribution in [3.05, 3.63) is 34.9 Å². The van der Waals surface area contributed by atoms with Crippen LogP contribution in [-0.4, -0.2) is 23.8 Å². The van der Waals surface area contributed by atoms with E-state index in [1.165, 1.54) is 5.56 Å². The quantitative estimate of drug-likeness (QED) is 0.853. The molecule has 2 N–H and O–H groups in total. The Balaban J connectivity index is 1.80. The molecule has 0 saturated heterocycles. The van der Waals surface area contributed by atoms with Gasteiger partial charge in [0.2, 0.25) is 0 Å². The van der Waals surface area contributed by atoms with E-state index in [4.69, 9.17) is 16.3 Å². The lowest BCUT2D eigenvalue weighted by atomic mass is 10.1. The van der Waals surface area contributed by atoms with Crippen molar-refractivity contribution in [3.63, 3.8) is 0 Å². The SMILES string of the molecule is C[C@H](NC1CCC(NC(=O)OC(C)(C)C)C1)c1cccc(Cl)c1. The summed E-state index contributed by atoms with van der Waals surface area (Å²) in [6.07, 6.45) is 2.61. The number of carbonyl (C=O) groups is 1. The third kappa shape index (κ3) is 6.04. The summed E-state index contributed by atoms with van der Waals surface area (Å²) in [7, 11) is 0. The highest BCUT2D eigenvalue weighted by Gasteiger charge is 2.28. The summed E-state index contributed by atoms with van der Waals surface area (Å²) in [4.78, 5) is 11.8. The molecule has 2 unspecified atom stereocenters. The number of alkyl carbamates (subject to hydrolysis) is 1. The lowest BCUT2D eigenvalue weighted by Gasteiger charge is -2.22. The zero-order valence-electron chi connectivity index (χ0n) is 14.4. The van der Waals surface area contributed by atoms with Crippen molar-refractivity contribution in [1.29, 1.82) is 0 Å². The molecule has 0 radical (unpaired) electrons. The molecule has 1 aromatic rings. The first kappa shape index (κ1) is 18.1. The highest BCUT2D eigenvalue weighted by atomic mass is 35.5. The molecule has 1 saturated carbocycles. The molecule has 5 heteroatoms. The maximum atomic E-state index is 11.8. The minimum atomic E-state index is -0.457. The van der Waals surface area contributed by atoms with Gasteiger partial charge < -0.3 is 15.4 Å². The fraction of sp³-hybridized carbons (Fsp3) is 0.611. The van der Waals surface area contributed by atoms with Crippen LogP contribution >= 0.6 is 11.6 Å². The minimum Gasteiger partial charge on any atom is -0.444 e. The van der Waals surface area contributed by atoms with Crippen LogP contribution in [-0.2, 0) is 4.74 Å². The molecule has 0 aromatic heterocycles. The van der Waals surface area contributed by atoms with Gasteiger partial charge in [0.1, 0.15) is 5.60 Å². The topological polar surface area (TPSA) is 50.4 Å². The van der Waals surface area contributed by atoms with Crippen molar-refractivity contribution in [1.82, 2.24) is 10.6 Å². The van der Waals surface area contributed by atoms with Gasteiger partial charge in [-0.3, -0.25) is 0 Å². The Hall–Kier alpha value is -1.26. The van der Waals surface area contributed by atoms with Crippen LogP contribution < -0.4 is 10.6 Å². The second-order valence-electron chi connectivity index (χ2n) is 7.30. The second kappa shape index (κ2) is 7.54. The lowest BCUT2D eigenvalue weighted by molar-refractivity contribution is 0.0505. The number of halogens is 1. The molecule has 1 aliphatic rings. The number of amides is 1. The Bertz CT molecular complexity index is 542. The molecule has 0 heterocycles.